The average Bonchev–Trinajstić information content (AvgIpc) is 2.29. The van der Waals surface area contributed by atoms with E-state index in [9.17, 15) is 4.79 Å². The minimum atomic E-state index is -0.0202. The lowest BCUT2D eigenvalue weighted by Crippen LogP contribution is -2.26. The van der Waals surface area contributed by atoms with Crippen LogP contribution in [0.2, 0.25) is 5.02 Å². The monoisotopic (exact) mass is 268 g/mol. The molecule has 0 saturated heterocycles. The first-order valence-electron chi connectivity index (χ1n) is 5.25. The molecule has 0 saturated carbocycles. The molecule has 0 bridgehead atoms. The third kappa shape index (κ3) is 3.95. The Labute approximate surface area is 111 Å². The van der Waals surface area contributed by atoms with Gasteiger partial charge in [0, 0.05) is 23.0 Å². The van der Waals surface area contributed by atoms with Crippen LogP contribution in [0.3, 0.4) is 0 Å². The summed E-state index contributed by atoms with van der Waals surface area (Å²) in [6.45, 7) is 12.2. The van der Waals surface area contributed by atoms with Gasteiger partial charge in [0.25, 0.3) is 5.24 Å². The maximum Gasteiger partial charge on any atom is 0.286 e. The van der Waals surface area contributed by atoms with Crippen molar-refractivity contribution < 1.29 is 4.79 Å². The van der Waals surface area contributed by atoms with Gasteiger partial charge in [-0.3, -0.25) is 4.79 Å². The highest BCUT2D eigenvalue weighted by molar-refractivity contribution is 8.13. The Bertz CT molecular complexity index is 452. The minimum Gasteiger partial charge on any atom is -0.334 e. The van der Waals surface area contributed by atoms with Crippen LogP contribution in [0.4, 0.5) is 10.5 Å². The topological polar surface area (TPSA) is 24.7 Å². The Hall–Kier alpha value is -1.18. The summed E-state index contributed by atoms with van der Waals surface area (Å²) >= 11 is 6.98. The predicted octanol–water partition coefficient (Wildman–Crippen LogP) is 4.44. The first kappa shape index (κ1) is 13.9. The number of benzene rings is 1. The number of carbonyl (C=O) groups is 1. The van der Waals surface area contributed by atoms with Gasteiger partial charge in [0.2, 0.25) is 0 Å². The highest BCUT2D eigenvalue weighted by Gasteiger charge is 2.12. The van der Waals surface area contributed by atoms with Gasteiger partial charge in [-0.05, 0) is 43.8 Å². The van der Waals surface area contributed by atoms with Crippen molar-refractivity contribution in [2.75, 3.05) is 13.1 Å². The standard InChI is InChI=1S/C12H13ClN2OS/c1-4-15(5-2)12(16)17-11-7-9(13)6-10(8-11)14-3/h6-8H,4-5H2,1-2H3. The summed E-state index contributed by atoms with van der Waals surface area (Å²) in [5.74, 6) is 0. The molecule has 0 aliphatic heterocycles. The van der Waals surface area contributed by atoms with Gasteiger partial charge in [-0.25, -0.2) is 4.85 Å². The quantitative estimate of drug-likeness (QED) is 0.598. The van der Waals surface area contributed by atoms with E-state index in [1.165, 1.54) is 0 Å². The van der Waals surface area contributed by atoms with E-state index in [-0.39, 0.29) is 5.24 Å². The molecule has 0 aliphatic carbocycles. The smallest absolute Gasteiger partial charge is 0.286 e. The molecule has 17 heavy (non-hydrogen) atoms. The first-order chi connectivity index (χ1) is 8.10. The highest BCUT2D eigenvalue weighted by Crippen LogP contribution is 2.29. The summed E-state index contributed by atoms with van der Waals surface area (Å²) in [4.78, 5) is 17.6. The van der Waals surface area contributed by atoms with Crippen molar-refractivity contribution in [1.29, 1.82) is 0 Å². The maximum absolute atomic E-state index is 11.9. The molecule has 0 aromatic heterocycles. The van der Waals surface area contributed by atoms with Crippen LogP contribution in [0.1, 0.15) is 13.8 Å². The zero-order chi connectivity index (χ0) is 12.8. The summed E-state index contributed by atoms with van der Waals surface area (Å²) in [5, 5.41) is 0.460. The molecule has 1 rings (SSSR count). The van der Waals surface area contributed by atoms with E-state index in [4.69, 9.17) is 18.2 Å². The lowest BCUT2D eigenvalue weighted by atomic mass is 10.3. The fourth-order valence-electron chi connectivity index (χ4n) is 1.32. The third-order valence-electron chi connectivity index (χ3n) is 2.21. The Morgan fingerprint density at radius 3 is 2.59 bits per heavy atom. The second-order valence-electron chi connectivity index (χ2n) is 3.30. The summed E-state index contributed by atoms with van der Waals surface area (Å²) < 4.78 is 0. The van der Waals surface area contributed by atoms with Gasteiger partial charge < -0.3 is 4.90 Å². The van der Waals surface area contributed by atoms with Crippen LogP contribution in [0.5, 0.6) is 0 Å². The predicted molar refractivity (Wildman–Crippen MR) is 71.9 cm³/mol. The van der Waals surface area contributed by atoms with Gasteiger partial charge >= 0.3 is 0 Å². The molecule has 5 heteroatoms. The van der Waals surface area contributed by atoms with Gasteiger partial charge in [-0.1, -0.05) is 11.6 Å². The highest BCUT2D eigenvalue weighted by atomic mass is 35.5. The van der Waals surface area contributed by atoms with E-state index in [0.717, 1.165) is 11.8 Å². The van der Waals surface area contributed by atoms with E-state index in [1.807, 2.05) is 13.8 Å². The number of carbonyl (C=O) groups excluding carboxylic acids is 1. The number of hydrogen-bond donors (Lipinski definition) is 0. The second kappa shape index (κ2) is 6.53. The van der Waals surface area contributed by atoms with Crippen molar-refractivity contribution >= 4 is 34.3 Å². The van der Waals surface area contributed by atoms with Crippen molar-refractivity contribution in [3.05, 3.63) is 34.6 Å². The molecule has 3 nitrogen and oxygen atoms in total. The van der Waals surface area contributed by atoms with Crippen LogP contribution in [0.25, 0.3) is 4.85 Å². The Morgan fingerprint density at radius 1 is 1.41 bits per heavy atom. The summed E-state index contributed by atoms with van der Waals surface area (Å²) in [7, 11) is 0. The molecule has 0 fully saturated rings. The Kier molecular flexibility index (Phi) is 5.33. The van der Waals surface area contributed by atoms with E-state index >= 15 is 0 Å². The van der Waals surface area contributed by atoms with Crippen LogP contribution in [-0.2, 0) is 0 Å². The van der Waals surface area contributed by atoms with Crippen LogP contribution in [-0.4, -0.2) is 23.2 Å². The van der Waals surface area contributed by atoms with Crippen molar-refractivity contribution in [1.82, 2.24) is 4.90 Å². The fourth-order valence-corrected chi connectivity index (χ4v) is 2.57. The van der Waals surface area contributed by atoms with Gasteiger partial charge in [-0.2, -0.15) is 0 Å². The normalized spacial score (nSPS) is 9.76. The zero-order valence-corrected chi connectivity index (χ0v) is 11.3. The van der Waals surface area contributed by atoms with Crippen molar-refractivity contribution in [3.63, 3.8) is 0 Å². The molecule has 0 N–H and O–H groups in total. The molecule has 0 radical (unpaired) electrons. The molecule has 0 spiro atoms. The number of nitrogens with zero attached hydrogens (tertiary/aromatic N) is 2. The minimum absolute atomic E-state index is 0.0202. The van der Waals surface area contributed by atoms with Gasteiger partial charge in [0.1, 0.15) is 0 Å². The van der Waals surface area contributed by atoms with Crippen LogP contribution >= 0.6 is 23.4 Å². The summed E-state index contributed by atoms with van der Waals surface area (Å²) in [6, 6.07) is 4.95. The van der Waals surface area contributed by atoms with E-state index in [1.54, 1.807) is 23.1 Å². The van der Waals surface area contributed by atoms with Gasteiger partial charge in [0.05, 0.1) is 6.57 Å². The Morgan fingerprint density at radius 2 is 2.06 bits per heavy atom. The lowest BCUT2D eigenvalue weighted by molar-refractivity contribution is 0.228. The molecule has 1 aromatic rings. The molecule has 0 unspecified atom stereocenters. The van der Waals surface area contributed by atoms with Crippen LogP contribution in [0, 0.1) is 6.57 Å². The number of halogens is 1. The molecule has 0 atom stereocenters. The van der Waals surface area contributed by atoms with Crippen LogP contribution < -0.4 is 0 Å². The maximum atomic E-state index is 11.9. The van der Waals surface area contributed by atoms with E-state index in [2.05, 4.69) is 4.85 Å². The van der Waals surface area contributed by atoms with Crippen LogP contribution in [0.15, 0.2) is 23.1 Å². The van der Waals surface area contributed by atoms with E-state index in [0.29, 0.717) is 28.7 Å². The largest absolute Gasteiger partial charge is 0.334 e. The molecule has 0 aliphatic rings. The summed E-state index contributed by atoms with van der Waals surface area (Å²) in [6.07, 6.45) is 0. The number of rotatable bonds is 3. The van der Waals surface area contributed by atoms with Crippen molar-refractivity contribution in [2.45, 2.75) is 18.7 Å². The summed E-state index contributed by atoms with van der Waals surface area (Å²) in [5.41, 5.74) is 0.451. The SMILES string of the molecule is [C-]#[N+]c1cc(Cl)cc(SC(=O)N(CC)CC)c1. The van der Waals surface area contributed by atoms with Crippen molar-refractivity contribution in [2.24, 2.45) is 0 Å². The lowest BCUT2D eigenvalue weighted by Gasteiger charge is -2.17. The van der Waals surface area contributed by atoms with Crippen molar-refractivity contribution in [3.8, 4) is 0 Å². The number of hydrogen-bond acceptors (Lipinski definition) is 2. The van der Waals surface area contributed by atoms with E-state index < -0.39 is 0 Å². The molecule has 0 heterocycles. The number of thioether (sulfide) groups is 1. The van der Waals surface area contributed by atoms with Gasteiger partial charge in [0.15, 0.2) is 5.69 Å². The Balaban J connectivity index is 2.85. The molecule has 90 valence electrons. The molecular formula is C12H13ClN2OS. The van der Waals surface area contributed by atoms with Gasteiger partial charge in [-0.15, -0.1) is 0 Å². The zero-order valence-electron chi connectivity index (χ0n) is 9.74. The molecular weight excluding hydrogens is 256 g/mol. The average molecular weight is 269 g/mol. The first-order valence-corrected chi connectivity index (χ1v) is 6.45. The third-order valence-corrected chi connectivity index (χ3v) is 3.33. The number of amides is 1. The molecule has 1 aromatic carbocycles. The molecule has 1 amide bonds. The second-order valence-corrected chi connectivity index (χ2v) is 4.76. The fraction of sp³-hybridized carbons (Fsp3) is 0.333.